The summed E-state index contributed by atoms with van der Waals surface area (Å²) in [7, 11) is -1.35. The molecular weight excluding hydrogens is 151 g/mol. The molecule has 0 fully saturated rings. The number of rotatable bonds is 3. The first kappa shape index (κ1) is 9.29. The average molecular weight is 168 g/mol. The van der Waals surface area contributed by atoms with Gasteiger partial charge in [0.25, 0.3) is 0 Å². The van der Waals surface area contributed by atoms with Crippen LogP contribution in [0.25, 0.3) is 0 Å². The van der Waals surface area contributed by atoms with E-state index in [1.54, 1.807) is 12.1 Å². The molecular formula is C9H17BO2. The molecule has 0 aliphatic rings. The van der Waals surface area contributed by atoms with E-state index in [4.69, 9.17) is 10.0 Å². The number of hydrogen-bond acceptors (Lipinski definition) is 2. The molecule has 0 spiro atoms. The van der Waals surface area contributed by atoms with E-state index in [9.17, 15) is 0 Å². The van der Waals surface area contributed by atoms with E-state index in [1.807, 2.05) is 12.1 Å². The maximum atomic E-state index is 8.80. The lowest BCUT2D eigenvalue weighted by molar-refractivity contribution is 0.426. The summed E-state index contributed by atoms with van der Waals surface area (Å²) in [5.74, 6) is 0. The van der Waals surface area contributed by atoms with Crippen molar-refractivity contribution in [3.63, 3.8) is 0 Å². The Morgan fingerprint density at radius 2 is 1.83 bits per heavy atom. The maximum Gasteiger partial charge on any atom is 0.488 e. The summed E-state index contributed by atoms with van der Waals surface area (Å²) in [6.45, 7) is 2.12. The molecule has 0 radical (unpaired) electrons. The summed E-state index contributed by atoms with van der Waals surface area (Å²) < 4.78 is 0. The standard InChI is InChI=1S/C9H13BO2.2H2/c1-2-3-8-4-6-9(7-5-8)10(11)12;;/h4-7,11-12H,2-3H2,1H3;2*1H. The van der Waals surface area contributed by atoms with Crippen LogP contribution >= 0.6 is 0 Å². The third-order valence-electron chi connectivity index (χ3n) is 1.82. The highest BCUT2D eigenvalue weighted by Crippen LogP contribution is 2.00. The van der Waals surface area contributed by atoms with Gasteiger partial charge in [0.2, 0.25) is 0 Å². The van der Waals surface area contributed by atoms with Crippen molar-refractivity contribution in [3.05, 3.63) is 29.8 Å². The first-order valence-electron chi connectivity index (χ1n) is 4.19. The molecule has 3 heteroatoms. The van der Waals surface area contributed by atoms with Crippen molar-refractivity contribution in [2.45, 2.75) is 19.8 Å². The third kappa shape index (κ3) is 2.36. The zero-order chi connectivity index (χ0) is 8.97. The van der Waals surface area contributed by atoms with E-state index in [-0.39, 0.29) is 2.85 Å². The first-order chi connectivity index (χ1) is 5.74. The molecule has 0 saturated heterocycles. The third-order valence-corrected chi connectivity index (χ3v) is 1.82. The van der Waals surface area contributed by atoms with Crippen LogP contribution in [0.4, 0.5) is 0 Å². The highest BCUT2D eigenvalue weighted by atomic mass is 16.4. The molecule has 0 unspecified atom stereocenters. The van der Waals surface area contributed by atoms with Gasteiger partial charge in [-0.2, -0.15) is 0 Å². The van der Waals surface area contributed by atoms with Crippen molar-refractivity contribution in [2.24, 2.45) is 0 Å². The van der Waals surface area contributed by atoms with Gasteiger partial charge in [0.1, 0.15) is 0 Å². The molecule has 0 aliphatic carbocycles. The van der Waals surface area contributed by atoms with Gasteiger partial charge in [0.05, 0.1) is 0 Å². The predicted octanol–water partition coefficient (Wildman–Crippen LogP) is 0.811. The van der Waals surface area contributed by atoms with E-state index >= 15 is 0 Å². The molecule has 0 bridgehead atoms. The summed E-state index contributed by atoms with van der Waals surface area (Å²) in [6.07, 6.45) is 2.16. The average Bonchev–Trinajstić information content (AvgIpc) is 2.06. The quantitative estimate of drug-likeness (QED) is 0.655. The summed E-state index contributed by atoms with van der Waals surface area (Å²) in [5, 5.41) is 17.6. The monoisotopic (exact) mass is 168 g/mol. The van der Waals surface area contributed by atoms with Gasteiger partial charge >= 0.3 is 7.12 Å². The molecule has 0 aliphatic heterocycles. The maximum absolute atomic E-state index is 8.80. The fraction of sp³-hybridized carbons (Fsp3) is 0.333. The van der Waals surface area contributed by atoms with Crippen LogP contribution < -0.4 is 5.46 Å². The van der Waals surface area contributed by atoms with Gasteiger partial charge in [-0.1, -0.05) is 37.6 Å². The minimum atomic E-state index is -1.35. The Hall–Kier alpha value is -0.795. The van der Waals surface area contributed by atoms with E-state index in [0.717, 1.165) is 12.8 Å². The molecule has 0 atom stereocenters. The number of aryl methyl sites for hydroxylation is 1. The topological polar surface area (TPSA) is 40.5 Å². The Morgan fingerprint density at radius 1 is 1.25 bits per heavy atom. The molecule has 0 heterocycles. The number of hydrogen-bond donors (Lipinski definition) is 2. The summed E-state index contributed by atoms with van der Waals surface area (Å²) >= 11 is 0. The predicted molar refractivity (Wildman–Crippen MR) is 54.5 cm³/mol. The molecule has 0 aromatic heterocycles. The lowest BCUT2D eigenvalue weighted by Crippen LogP contribution is -2.29. The Balaban J connectivity index is 0. The lowest BCUT2D eigenvalue weighted by Gasteiger charge is -2.01. The van der Waals surface area contributed by atoms with E-state index in [0.29, 0.717) is 5.46 Å². The Bertz CT molecular complexity index is 239. The fourth-order valence-electron chi connectivity index (χ4n) is 1.15. The van der Waals surface area contributed by atoms with E-state index in [1.165, 1.54) is 5.56 Å². The molecule has 1 aromatic carbocycles. The van der Waals surface area contributed by atoms with Crippen LogP contribution in [-0.4, -0.2) is 17.2 Å². The summed E-state index contributed by atoms with van der Waals surface area (Å²) in [6, 6.07) is 7.35. The van der Waals surface area contributed by atoms with Gasteiger partial charge in [-0.25, -0.2) is 0 Å². The van der Waals surface area contributed by atoms with Crippen molar-refractivity contribution in [1.29, 1.82) is 0 Å². The van der Waals surface area contributed by atoms with Gasteiger partial charge in [0, 0.05) is 2.85 Å². The van der Waals surface area contributed by atoms with Gasteiger partial charge in [-0.3, -0.25) is 0 Å². The molecule has 0 amide bonds. The second kappa shape index (κ2) is 4.29. The van der Waals surface area contributed by atoms with Crippen molar-refractivity contribution in [2.75, 3.05) is 0 Å². The van der Waals surface area contributed by atoms with Crippen LogP contribution in [0.15, 0.2) is 24.3 Å². The van der Waals surface area contributed by atoms with Gasteiger partial charge in [-0.15, -0.1) is 0 Å². The van der Waals surface area contributed by atoms with Crippen molar-refractivity contribution < 1.29 is 12.9 Å². The van der Waals surface area contributed by atoms with E-state index in [2.05, 4.69) is 6.92 Å². The molecule has 12 heavy (non-hydrogen) atoms. The fourth-order valence-corrected chi connectivity index (χ4v) is 1.15. The number of benzene rings is 1. The Morgan fingerprint density at radius 3 is 2.25 bits per heavy atom. The Labute approximate surface area is 76.0 Å². The van der Waals surface area contributed by atoms with Crippen LogP contribution in [0.5, 0.6) is 0 Å². The largest absolute Gasteiger partial charge is 0.488 e. The van der Waals surface area contributed by atoms with Crippen LogP contribution in [0.2, 0.25) is 0 Å². The SMILES string of the molecule is CCCc1ccc(B(O)O)cc1.[HH].[HH]. The summed E-state index contributed by atoms with van der Waals surface area (Å²) in [4.78, 5) is 0. The molecule has 2 N–H and O–H groups in total. The molecule has 2 nitrogen and oxygen atoms in total. The zero-order valence-corrected chi connectivity index (χ0v) is 7.20. The van der Waals surface area contributed by atoms with Gasteiger partial charge < -0.3 is 10.0 Å². The Kier molecular flexibility index (Phi) is 3.32. The first-order valence-corrected chi connectivity index (χ1v) is 4.19. The van der Waals surface area contributed by atoms with Gasteiger partial charge in [0.15, 0.2) is 0 Å². The second-order valence-corrected chi connectivity index (χ2v) is 2.87. The summed E-state index contributed by atoms with van der Waals surface area (Å²) in [5.41, 5.74) is 1.79. The second-order valence-electron chi connectivity index (χ2n) is 2.87. The smallest absolute Gasteiger partial charge is 0.423 e. The highest BCUT2D eigenvalue weighted by Gasteiger charge is 2.08. The minimum Gasteiger partial charge on any atom is -0.423 e. The van der Waals surface area contributed by atoms with E-state index < -0.39 is 7.12 Å². The van der Waals surface area contributed by atoms with Crippen molar-refractivity contribution >= 4 is 12.6 Å². The van der Waals surface area contributed by atoms with Crippen LogP contribution in [0.3, 0.4) is 0 Å². The van der Waals surface area contributed by atoms with Crippen LogP contribution in [-0.2, 0) is 6.42 Å². The molecule has 1 aromatic rings. The molecule has 1 rings (SSSR count). The molecule has 0 saturated carbocycles. The van der Waals surface area contributed by atoms with Gasteiger partial charge in [-0.05, 0) is 17.4 Å². The molecule has 68 valence electrons. The highest BCUT2D eigenvalue weighted by molar-refractivity contribution is 6.58. The zero-order valence-electron chi connectivity index (χ0n) is 7.20. The van der Waals surface area contributed by atoms with Crippen molar-refractivity contribution in [3.8, 4) is 0 Å². The van der Waals surface area contributed by atoms with Crippen LogP contribution in [0, 0.1) is 0 Å². The lowest BCUT2D eigenvalue weighted by atomic mass is 9.80. The minimum absolute atomic E-state index is 0. The van der Waals surface area contributed by atoms with Crippen LogP contribution in [0.1, 0.15) is 21.8 Å². The normalized spacial score (nSPS) is 9.92. The van der Waals surface area contributed by atoms with Crippen molar-refractivity contribution in [1.82, 2.24) is 0 Å².